The number of oxazole rings is 1. The molecule has 1 aliphatic rings. The summed E-state index contributed by atoms with van der Waals surface area (Å²) >= 11 is 0. The molecule has 3 rings (SSSR count). The van der Waals surface area contributed by atoms with Gasteiger partial charge in [-0.15, -0.1) is 0 Å². The number of hydrogen-bond acceptors (Lipinski definition) is 4. The largest absolute Gasteiger partial charge is 0.441 e. The number of benzene rings is 1. The summed E-state index contributed by atoms with van der Waals surface area (Å²) in [5.41, 5.74) is 2.89. The molecule has 0 saturated carbocycles. The molecule has 0 N–H and O–H groups in total. The quantitative estimate of drug-likeness (QED) is 0.856. The summed E-state index contributed by atoms with van der Waals surface area (Å²) < 4.78 is 5.77. The smallest absolute Gasteiger partial charge is 0.228 e. The first kappa shape index (κ1) is 17.2. The van der Waals surface area contributed by atoms with E-state index >= 15 is 0 Å². The van der Waals surface area contributed by atoms with Crippen molar-refractivity contribution in [2.45, 2.75) is 39.5 Å². The van der Waals surface area contributed by atoms with Crippen LogP contribution >= 0.6 is 0 Å². The van der Waals surface area contributed by atoms with E-state index in [2.05, 4.69) is 30.1 Å². The summed E-state index contributed by atoms with van der Waals surface area (Å²) in [6.07, 6.45) is 2.76. The molecule has 0 radical (unpaired) electrons. The number of nitrogens with zero attached hydrogens (tertiary/aromatic N) is 3. The highest BCUT2D eigenvalue weighted by Crippen LogP contribution is 2.23. The van der Waals surface area contributed by atoms with Gasteiger partial charge in [-0.1, -0.05) is 19.1 Å². The zero-order chi connectivity index (χ0) is 17.8. The summed E-state index contributed by atoms with van der Waals surface area (Å²) in [5, 5.41) is 8.96. The van der Waals surface area contributed by atoms with Crippen LogP contribution < -0.4 is 0 Å². The Kier molecular flexibility index (Phi) is 5.18. The molecule has 1 fully saturated rings. The van der Waals surface area contributed by atoms with Crippen LogP contribution in [0.2, 0.25) is 0 Å². The molecule has 1 aliphatic heterocycles. The van der Waals surface area contributed by atoms with Gasteiger partial charge in [0.15, 0.2) is 0 Å². The molecular formula is C20H23N3O2. The van der Waals surface area contributed by atoms with Crippen LogP contribution in [0.5, 0.6) is 0 Å². The zero-order valence-corrected chi connectivity index (χ0v) is 14.8. The van der Waals surface area contributed by atoms with E-state index in [4.69, 9.17) is 9.68 Å². The Bertz CT molecular complexity index is 778. The highest BCUT2D eigenvalue weighted by Gasteiger charge is 2.24. The van der Waals surface area contributed by atoms with Crippen molar-refractivity contribution in [2.24, 2.45) is 5.92 Å². The van der Waals surface area contributed by atoms with Crippen LogP contribution in [0, 0.1) is 24.2 Å². The summed E-state index contributed by atoms with van der Waals surface area (Å²) in [7, 11) is 0. The van der Waals surface area contributed by atoms with Gasteiger partial charge in [0.1, 0.15) is 5.76 Å². The molecule has 1 saturated heterocycles. The minimum Gasteiger partial charge on any atom is -0.441 e. The second kappa shape index (κ2) is 7.52. The Morgan fingerprint density at radius 3 is 2.60 bits per heavy atom. The number of nitriles is 1. The Morgan fingerprint density at radius 2 is 2.00 bits per heavy atom. The second-order valence-electron chi connectivity index (χ2n) is 6.53. The van der Waals surface area contributed by atoms with Gasteiger partial charge in [0.05, 0.1) is 18.2 Å². The maximum absolute atomic E-state index is 12.5. The van der Waals surface area contributed by atoms with Crippen LogP contribution in [0.1, 0.15) is 36.8 Å². The van der Waals surface area contributed by atoms with Crippen LogP contribution in [0.15, 0.2) is 28.7 Å². The number of carbonyl (C=O) groups is 1. The lowest BCUT2D eigenvalue weighted by molar-refractivity contribution is -0.131. The Hall–Kier alpha value is -2.61. The number of hydrogen-bond donors (Lipinski definition) is 0. The van der Waals surface area contributed by atoms with Crippen LogP contribution in [0.25, 0.3) is 11.5 Å². The van der Waals surface area contributed by atoms with Crippen molar-refractivity contribution in [3.05, 3.63) is 41.3 Å². The first-order valence-electron chi connectivity index (χ1n) is 8.83. The zero-order valence-electron chi connectivity index (χ0n) is 14.8. The Labute approximate surface area is 148 Å². The van der Waals surface area contributed by atoms with Crippen LogP contribution in [0.4, 0.5) is 0 Å². The normalized spacial score (nSPS) is 15.2. The molecule has 5 heteroatoms. The predicted molar refractivity (Wildman–Crippen MR) is 94.7 cm³/mol. The van der Waals surface area contributed by atoms with Gasteiger partial charge in [0.25, 0.3) is 0 Å². The molecule has 1 aromatic heterocycles. The van der Waals surface area contributed by atoms with Crippen molar-refractivity contribution in [1.82, 2.24) is 9.88 Å². The van der Waals surface area contributed by atoms with Crippen molar-refractivity contribution in [1.29, 1.82) is 5.26 Å². The highest BCUT2D eigenvalue weighted by molar-refractivity contribution is 5.78. The lowest BCUT2D eigenvalue weighted by Crippen LogP contribution is -2.39. The molecule has 0 unspecified atom stereocenters. The molecule has 1 aromatic carbocycles. The summed E-state index contributed by atoms with van der Waals surface area (Å²) in [4.78, 5) is 18.9. The number of amides is 1. The predicted octanol–water partition coefficient (Wildman–Crippen LogP) is 3.52. The molecule has 25 heavy (non-hydrogen) atoms. The van der Waals surface area contributed by atoms with E-state index in [0.717, 1.165) is 24.8 Å². The van der Waals surface area contributed by atoms with E-state index in [1.807, 2.05) is 24.0 Å². The van der Waals surface area contributed by atoms with Gasteiger partial charge < -0.3 is 9.32 Å². The molecule has 5 nitrogen and oxygen atoms in total. The minimum atomic E-state index is 0.0562. The Morgan fingerprint density at radius 1 is 1.32 bits per heavy atom. The van der Waals surface area contributed by atoms with Crippen molar-refractivity contribution in [3.8, 4) is 17.5 Å². The van der Waals surface area contributed by atoms with Gasteiger partial charge in [-0.2, -0.15) is 5.26 Å². The molecule has 0 bridgehead atoms. The van der Waals surface area contributed by atoms with Crippen molar-refractivity contribution in [3.63, 3.8) is 0 Å². The number of aryl methyl sites for hydroxylation is 2. The topological polar surface area (TPSA) is 70.1 Å². The third kappa shape index (κ3) is 3.90. The third-order valence-corrected chi connectivity index (χ3v) is 4.85. The van der Waals surface area contributed by atoms with E-state index in [1.165, 1.54) is 5.56 Å². The third-order valence-electron chi connectivity index (χ3n) is 4.85. The summed E-state index contributed by atoms with van der Waals surface area (Å²) in [6, 6.07) is 10.4. The lowest BCUT2D eigenvalue weighted by Gasteiger charge is -2.29. The molecule has 130 valence electrons. The first-order valence-corrected chi connectivity index (χ1v) is 8.83. The average molecular weight is 337 g/mol. The van der Waals surface area contributed by atoms with Gasteiger partial charge >= 0.3 is 0 Å². The maximum atomic E-state index is 12.5. The number of aromatic nitrogens is 1. The van der Waals surface area contributed by atoms with Crippen molar-refractivity contribution < 1.29 is 9.21 Å². The Balaban J connectivity index is 1.68. The molecule has 1 amide bonds. The number of carbonyl (C=O) groups excluding carboxylic acids is 1. The number of piperidine rings is 1. The lowest BCUT2D eigenvalue weighted by atomic mass is 9.98. The highest BCUT2D eigenvalue weighted by atomic mass is 16.4. The molecule has 0 atom stereocenters. The fourth-order valence-corrected chi connectivity index (χ4v) is 3.11. The number of rotatable bonds is 4. The van der Waals surface area contributed by atoms with Crippen LogP contribution in [-0.2, 0) is 17.6 Å². The standard InChI is InChI=1S/C20H23N3O2/c1-3-15-4-6-17(7-5-15)20-22-18(14(2)25-20)12-19(24)23-10-8-16(13-21)9-11-23/h4-7,16H,3,8-12H2,1-2H3. The van der Waals surface area contributed by atoms with E-state index in [-0.39, 0.29) is 18.2 Å². The molecular weight excluding hydrogens is 314 g/mol. The van der Waals surface area contributed by atoms with Crippen LogP contribution in [0.3, 0.4) is 0 Å². The van der Waals surface area contributed by atoms with E-state index in [9.17, 15) is 4.79 Å². The molecule has 2 aromatic rings. The SMILES string of the molecule is CCc1ccc(-c2nc(CC(=O)N3CCC(C#N)CC3)c(C)o2)cc1. The summed E-state index contributed by atoms with van der Waals surface area (Å²) in [5.74, 6) is 1.39. The van der Waals surface area contributed by atoms with E-state index < -0.39 is 0 Å². The average Bonchev–Trinajstić information content (AvgIpc) is 3.02. The van der Waals surface area contributed by atoms with Gasteiger partial charge in [-0.3, -0.25) is 4.79 Å². The van der Waals surface area contributed by atoms with Gasteiger partial charge in [-0.05, 0) is 43.9 Å². The van der Waals surface area contributed by atoms with E-state index in [0.29, 0.717) is 30.4 Å². The van der Waals surface area contributed by atoms with Gasteiger partial charge in [-0.25, -0.2) is 4.98 Å². The fraction of sp³-hybridized carbons (Fsp3) is 0.450. The first-order chi connectivity index (χ1) is 12.1. The van der Waals surface area contributed by atoms with Crippen molar-refractivity contribution in [2.75, 3.05) is 13.1 Å². The molecule has 2 heterocycles. The van der Waals surface area contributed by atoms with Crippen LogP contribution in [-0.4, -0.2) is 28.9 Å². The number of likely N-dealkylation sites (tertiary alicyclic amines) is 1. The van der Waals surface area contributed by atoms with E-state index in [1.54, 1.807) is 0 Å². The summed E-state index contributed by atoms with van der Waals surface area (Å²) in [6.45, 7) is 5.27. The van der Waals surface area contributed by atoms with Gasteiger partial charge in [0, 0.05) is 24.6 Å². The molecule has 0 spiro atoms. The van der Waals surface area contributed by atoms with Crippen molar-refractivity contribution >= 4 is 5.91 Å². The maximum Gasteiger partial charge on any atom is 0.228 e. The monoisotopic (exact) mass is 337 g/mol. The molecule has 0 aliphatic carbocycles. The fourth-order valence-electron chi connectivity index (χ4n) is 3.11. The minimum absolute atomic E-state index is 0.0562. The van der Waals surface area contributed by atoms with Gasteiger partial charge in [0.2, 0.25) is 11.8 Å². The second-order valence-corrected chi connectivity index (χ2v) is 6.53.